The predicted molar refractivity (Wildman–Crippen MR) is 89.9 cm³/mol. The van der Waals surface area contributed by atoms with Gasteiger partial charge in [0.05, 0.1) is 12.8 Å². The second-order valence-corrected chi connectivity index (χ2v) is 6.28. The number of hydrogen-bond donors (Lipinski definition) is 1. The molecular formula is C18H23N3O3. The van der Waals surface area contributed by atoms with Crippen molar-refractivity contribution >= 4 is 5.97 Å². The van der Waals surface area contributed by atoms with Gasteiger partial charge in [-0.15, -0.1) is 0 Å². The van der Waals surface area contributed by atoms with Crippen molar-refractivity contribution in [3.8, 4) is 5.75 Å². The summed E-state index contributed by atoms with van der Waals surface area (Å²) >= 11 is 0. The number of aromatic hydroxyl groups is 1. The lowest BCUT2D eigenvalue weighted by atomic mass is 10.1. The van der Waals surface area contributed by atoms with E-state index in [0.29, 0.717) is 17.5 Å². The van der Waals surface area contributed by atoms with E-state index in [2.05, 4.69) is 16.9 Å². The second kappa shape index (κ2) is 7.05. The molecule has 0 saturated carbocycles. The Balaban J connectivity index is 1.71. The lowest BCUT2D eigenvalue weighted by molar-refractivity contribution is 0.0593. The van der Waals surface area contributed by atoms with Gasteiger partial charge in [0.1, 0.15) is 5.75 Å². The summed E-state index contributed by atoms with van der Waals surface area (Å²) in [5.41, 5.74) is 2.62. The Morgan fingerprint density at radius 2 is 2.08 bits per heavy atom. The molecule has 0 bridgehead atoms. The lowest BCUT2D eigenvalue weighted by Gasteiger charge is -2.27. The number of phenols is 1. The smallest absolute Gasteiger partial charge is 0.358 e. The molecule has 1 atom stereocenters. The Bertz CT molecular complexity index is 709. The van der Waals surface area contributed by atoms with Crippen molar-refractivity contribution in [1.29, 1.82) is 0 Å². The highest BCUT2D eigenvalue weighted by molar-refractivity contribution is 5.87. The molecule has 0 fully saturated rings. The molecule has 2 heterocycles. The number of phenolic OH excluding ortho intramolecular Hbond substituents is 1. The summed E-state index contributed by atoms with van der Waals surface area (Å²) in [6, 6.07) is 9.56. The molecule has 128 valence electrons. The number of benzene rings is 1. The van der Waals surface area contributed by atoms with Gasteiger partial charge in [0.15, 0.2) is 5.69 Å². The van der Waals surface area contributed by atoms with Crippen molar-refractivity contribution in [2.24, 2.45) is 0 Å². The van der Waals surface area contributed by atoms with Gasteiger partial charge in [0.25, 0.3) is 0 Å². The van der Waals surface area contributed by atoms with Gasteiger partial charge >= 0.3 is 5.97 Å². The van der Waals surface area contributed by atoms with Crippen LogP contribution in [0.25, 0.3) is 0 Å². The fourth-order valence-electron chi connectivity index (χ4n) is 3.17. The Hall–Kier alpha value is -2.34. The van der Waals surface area contributed by atoms with Gasteiger partial charge in [-0.25, -0.2) is 4.79 Å². The van der Waals surface area contributed by atoms with E-state index in [9.17, 15) is 9.90 Å². The third-order valence-electron chi connectivity index (χ3n) is 4.53. The van der Waals surface area contributed by atoms with Crippen LogP contribution < -0.4 is 0 Å². The maximum absolute atomic E-state index is 11.7. The van der Waals surface area contributed by atoms with Gasteiger partial charge in [-0.05, 0) is 43.5 Å². The monoisotopic (exact) mass is 329 g/mol. The topological polar surface area (TPSA) is 67.6 Å². The van der Waals surface area contributed by atoms with Gasteiger partial charge < -0.3 is 9.84 Å². The number of fused-ring (bicyclic) bond motifs is 1. The Morgan fingerprint density at radius 1 is 1.33 bits per heavy atom. The molecule has 1 aliphatic heterocycles. The normalized spacial score (nSPS) is 16.2. The van der Waals surface area contributed by atoms with Crippen LogP contribution in [-0.4, -0.2) is 45.5 Å². The van der Waals surface area contributed by atoms with Crippen LogP contribution in [0.3, 0.4) is 0 Å². The second-order valence-electron chi connectivity index (χ2n) is 6.28. The molecule has 1 aromatic carbocycles. The van der Waals surface area contributed by atoms with Gasteiger partial charge in [0.2, 0.25) is 0 Å². The van der Waals surface area contributed by atoms with E-state index in [1.54, 1.807) is 12.1 Å². The average molecular weight is 329 g/mol. The highest BCUT2D eigenvalue weighted by Gasteiger charge is 2.22. The van der Waals surface area contributed by atoms with Gasteiger partial charge in [-0.1, -0.05) is 12.1 Å². The summed E-state index contributed by atoms with van der Waals surface area (Å²) in [6.07, 6.45) is 1.91. The van der Waals surface area contributed by atoms with E-state index in [1.165, 1.54) is 12.7 Å². The zero-order valence-corrected chi connectivity index (χ0v) is 14.1. The number of aromatic nitrogens is 2. The van der Waals surface area contributed by atoms with Crippen molar-refractivity contribution in [2.45, 2.75) is 38.9 Å². The number of carbonyl (C=O) groups is 1. The van der Waals surface area contributed by atoms with Crippen LogP contribution in [0.5, 0.6) is 5.75 Å². The quantitative estimate of drug-likeness (QED) is 0.871. The summed E-state index contributed by atoms with van der Waals surface area (Å²) < 4.78 is 6.68. The minimum absolute atomic E-state index is 0.292. The zero-order valence-electron chi connectivity index (χ0n) is 14.1. The Kier molecular flexibility index (Phi) is 4.85. The minimum Gasteiger partial charge on any atom is -0.508 e. The van der Waals surface area contributed by atoms with Gasteiger partial charge in [-0.3, -0.25) is 9.58 Å². The largest absolute Gasteiger partial charge is 0.508 e. The molecule has 24 heavy (non-hydrogen) atoms. The van der Waals surface area contributed by atoms with Crippen LogP contribution in [0.15, 0.2) is 30.3 Å². The summed E-state index contributed by atoms with van der Waals surface area (Å²) in [7, 11) is 1.37. The maximum atomic E-state index is 11.7. The minimum atomic E-state index is -0.390. The van der Waals surface area contributed by atoms with Crippen LogP contribution in [0, 0.1) is 0 Å². The SMILES string of the molecule is COC(=O)c1cc2n(n1)CCCN([C@@H](C)Cc1ccc(O)cc1)C2. The maximum Gasteiger partial charge on any atom is 0.358 e. The van der Waals surface area contributed by atoms with E-state index >= 15 is 0 Å². The van der Waals surface area contributed by atoms with Gasteiger partial charge in [-0.2, -0.15) is 5.10 Å². The molecule has 0 unspecified atom stereocenters. The van der Waals surface area contributed by atoms with Crippen LogP contribution in [-0.2, 0) is 24.2 Å². The average Bonchev–Trinajstić information content (AvgIpc) is 2.87. The molecule has 1 N–H and O–H groups in total. The van der Waals surface area contributed by atoms with E-state index in [0.717, 1.165) is 38.2 Å². The number of ether oxygens (including phenoxy) is 1. The first-order valence-electron chi connectivity index (χ1n) is 8.24. The third-order valence-corrected chi connectivity index (χ3v) is 4.53. The van der Waals surface area contributed by atoms with Crippen LogP contribution >= 0.6 is 0 Å². The molecular weight excluding hydrogens is 306 g/mol. The fourth-order valence-corrected chi connectivity index (χ4v) is 3.17. The summed E-state index contributed by atoms with van der Waals surface area (Å²) in [6.45, 7) is 4.79. The summed E-state index contributed by atoms with van der Waals surface area (Å²) in [5, 5.41) is 13.8. The predicted octanol–water partition coefficient (Wildman–Crippen LogP) is 2.21. The molecule has 0 amide bonds. The molecule has 0 aliphatic carbocycles. The van der Waals surface area contributed by atoms with Crippen molar-refractivity contribution in [2.75, 3.05) is 13.7 Å². The molecule has 6 nitrogen and oxygen atoms in total. The Labute approximate surface area is 141 Å². The van der Waals surface area contributed by atoms with Crippen LogP contribution in [0.2, 0.25) is 0 Å². The number of aryl methyl sites for hydroxylation is 1. The van der Waals surface area contributed by atoms with Crippen LogP contribution in [0.1, 0.15) is 35.1 Å². The first-order valence-corrected chi connectivity index (χ1v) is 8.24. The van der Waals surface area contributed by atoms with E-state index in [-0.39, 0.29) is 5.97 Å². The number of rotatable bonds is 4. The number of carbonyl (C=O) groups excluding carboxylic acids is 1. The molecule has 1 aliphatic rings. The highest BCUT2D eigenvalue weighted by atomic mass is 16.5. The summed E-state index contributed by atoms with van der Waals surface area (Å²) in [5.74, 6) is -0.0975. The number of esters is 1. The lowest BCUT2D eigenvalue weighted by Crippen LogP contribution is -2.34. The number of nitrogens with zero attached hydrogens (tertiary/aromatic N) is 3. The first kappa shape index (κ1) is 16.5. The molecule has 0 radical (unpaired) electrons. The number of hydrogen-bond acceptors (Lipinski definition) is 5. The molecule has 3 rings (SSSR count). The standard InChI is InChI=1S/C18H23N3O3/c1-13(10-14-4-6-16(22)7-5-14)20-8-3-9-21-15(12-20)11-17(19-21)18(23)24-2/h4-7,11,13,22H,3,8-10,12H2,1-2H3/t13-/m0/s1. The molecule has 6 heteroatoms. The van der Waals surface area contributed by atoms with Crippen LogP contribution in [0.4, 0.5) is 0 Å². The fraction of sp³-hybridized carbons (Fsp3) is 0.444. The van der Waals surface area contributed by atoms with E-state index < -0.39 is 0 Å². The molecule has 0 saturated heterocycles. The van der Waals surface area contributed by atoms with E-state index in [4.69, 9.17) is 4.74 Å². The molecule has 2 aromatic rings. The van der Waals surface area contributed by atoms with E-state index in [1.807, 2.05) is 22.9 Å². The van der Waals surface area contributed by atoms with Crippen molar-refractivity contribution in [3.63, 3.8) is 0 Å². The molecule has 1 aromatic heterocycles. The zero-order chi connectivity index (χ0) is 17.1. The van der Waals surface area contributed by atoms with Crippen molar-refractivity contribution in [1.82, 2.24) is 14.7 Å². The Morgan fingerprint density at radius 3 is 2.79 bits per heavy atom. The number of methoxy groups -OCH3 is 1. The summed E-state index contributed by atoms with van der Waals surface area (Å²) in [4.78, 5) is 14.1. The highest BCUT2D eigenvalue weighted by Crippen LogP contribution is 2.19. The third kappa shape index (κ3) is 3.59. The van der Waals surface area contributed by atoms with Crippen molar-refractivity contribution in [3.05, 3.63) is 47.3 Å². The van der Waals surface area contributed by atoms with Gasteiger partial charge in [0, 0.05) is 25.7 Å². The molecule has 0 spiro atoms. The first-order chi connectivity index (χ1) is 11.6. The van der Waals surface area contributed by atoms with Crippen molar-refractivity contribution < 1.29 is 14.6 Å².